The number of hydrogen-bond acceptors (Lipinski definition) is 4. The average molecular weight is 502 g/mol. The highest BCUT2D eigenvalue weighted by Gasteiger charge is 2.24. The zero-order valence-corrected chi connectivity index (χ0v) is 21.1. The maximum atomic E-state index is 6.63. The largest absolute Gasteiger partial charge is 0.455 e. The molecule has 0 saturated carbocycles. The van der Waals surface area contributed by atoms with E-state index in [1.54, 1.807) is 0 Å². The van der Waals surface area contributed by atoms with E-state index in [1.807, 2.05) is 30.3 Å². The molecule has 0 spiro atoms. The second-order valence-corrected chi connectivity index (χ2v) is 9.97. The summed E-state index contributed by atoms with van der Waals surface area (Å²) >= 11 is 0. The number of benzene rings is 5. The minimum atomic E-state index is 0.0502. The fraction of sp³-hybridized carbons (Fsp3) is 0.0571. The van der Waals surface area contributed by atoms with Gasteiger partial charge in [0.15, 0.2) is 11.6 Å². The molecule has 4 nitrogen and oxygen atoms in total. The Bertz CT molecular complexity index is 2060. The van der Waals surface area contributed by atoms with Crippen LogP contribution in [0.5, 0.6) is 0 Å². The summed E-state index contributed by atoms with van der Waals surface area (Å²) in [5.41, 5.74) is 5.97. The van der Waals surface area contributed by atoms with Crippen LogP contribution in [-0.4, -0.2) is 15.0 Å². The van der Waals surface area contributed by atoms with Crippen LogP contribution in [0, 0.1) is 0 Å². The molecule has 2 heterocycles. The zero-order valence-electron chi connectivity index (χ0n) is 21.1. The third-order valence-corrected chi connectivity index (χ3v) is 7.67. The summed E-state index contributed by atoms with van der Waals surface area (Å²) in [6.07, 6.45) is 5.24. The molecule has 0 radical (unpaired) electrons. The predicted octanol–water partition coefficient (Wildman–Crippen LogP) is 8.81. The van der Waals surface area contributed by atoms with Crippen molar-refractivity contribution in [2.75, 3.05) is 0 Å². The number of hydrogen-bond donors (Lipinski definition) is 0. The molecule has 39 heavy (non-hydrogen) atoms. The number of aromatic nitrogens is 3. The molecule has 1 atom stereocenters. The molecule has 8 rings (SSSR count). The molecule has 0 bridgehead atoms. The van der Waals surface area contributed by atoms with Gasteiger partial charge in [0.1, 0.15) is 17.0 Å². The molecule has 0 N–H and O–H groups in total. The monoisotopic (exact) mass is 501 g/mol. The van der Waals surface area contributed by atoms with Crippen molar-refractivity contribution >= 4 is 38.8 Å². The van der Waals surface area contributed by atoms with Gasteiger partial charge in [-0.15, -0.1) is 0 Å². The molecule has 1 aliphatic carbocycles. The van der Waals surface area contributed by atoms with Crippen molar-refractivity contribution in [1.29, 1.82) is 0 Å². The highest BCUT2D eigenvalue weighted by Crippen LogP contribution is 2.39. The Labute approximate surface area is 225 Å². The van der Waals surface area contributed by atoms with Crippen LogP contribution in [0.1, 0.15) is 29.3 Å². The average Bonchev–Trinajstić information content (AvgIpc) is 3.40. The standard InChI is InChI=1S/C35H23N3O/c1-2-12-24(13-3-1)33-36-34(29-18-8-14-22-10-4-6-15-25(22)29)38-35(37-33)30-19-9-17-27-28-21-20-23-11-5-7-16-26(23)31(28)39-32(27)30/h1-17,19-21,29H,18H2. The van der Waals surface area contributed by atoms with Gasteiger partial charge in [0.2, 0.25) is 0 Å². The van der Waals surface area contributed by atoms with Crippen LogP contribution in [0.15, 0.2) is 120 Å². The Kier molecular flexibility index (Phi) is 4.92. The maximum absolute atomic E-state index is 6.63. The Morgan fingerprint density at radius 2 is 1.36 bits per heavy atom. The van der Waals surface area contributed by atoms with Crippen LogP contribution in [-0.2, 0) is 0 Å². The molecule has 7 aromatic rings. The molecule has 184 valence electrons. The summed E-state index contributed by atoms with van der Waals surface area (Å²) in [5.74, 6) is 2.12. The van der Waals surface area contributed by atoms with E-state index in [-0.39, 0.29) is 5.92 Å². The van der Waals surface area contributed by atoms with Gasteiger partial charge < -0.3 is 4.42 Å². The predicted molar refractivity (Wildman–Crippen MR) is 157 cm³/mol. The first kappa shape index (κ1) is 21.9. The number of nitrogens with zero attached hydrogens (tertiary/aromatic N) is 3. The van der Waals surface area contributed by atoms with Crippen LogP contribution in [0.4, 0.5) is 0 Å². The van der Waals surface area contributed by atoms with Crippen LogP contribution >= 0.6 is 0 Å². The van der Waals surface area contributed by atoms with Crippen molar-refractivity contribution in [3.05, 3.63) is 132 Å². The van der Waals surface area contributed by atoms with Gasteiger partial charge in [-0.1, -0.05) is 109 Å². The number of fused-ring (bicyclic) bond motifs is 6. The number of rotatable bonds is 3. The fourth-order valence-electron chi connectivity index (χ4n) is 5.77. The second kappa shape index (κ2) is 8.74. The summed E-state index contributed by atoms with van der Waals surface area (Å²) in [7, 11) is 0. The SMILES string of the molecule is C1=Cc2ccccc2C(c2nc(-c3ccccc3)nc(-c3cccc4c3oc3c5ccccc5ccc43)n2)C1. The fourth-order valence-corrected chi connectivity index (χ4v) is 5.77. The minimum absolute atomic E-state index is 0.0502. The highest BCUT2D eigenvalue weighted by molar-refractivity contribution is 6.16. The topological polar surface area (TPSA) is 51.8 Å². The lowest BCUT2D eigenvalue weighted by atomic mass is 9.86. The third-order valence-electron chi connectivity index (χ3n) is 7.67. The minimum Gasteiger partial charge on any atom is -0.455 e. The summed E-state index contributed by atoms with van der Waals surface area (Å²) < 4.78 is 6.63. The van der Waals surface area contributed by atoms with Crippen LogP contribution in [0.3, 0.4) is 0 Å². The van der Waals surface area contributed by atoms with Crippen molar-refractivity contribution in [3.8, 4) is 22.8 Å². The Balaban J connectivity index is 1.38. The van der Waals surface area contributed by atoms with Gasteiger partial charge in [0, 0.05) is 27.6 Å². The van der Waals surface area contributed by atoms with Crippen LogP contribution in [0.25, 0.3) is 61.6 Å². The van der Waals surface area contributed by atoms with E-state index >= 15 is 0 Å². The normalized spacial score (nSPS) is 14.7. The molecule has 0 fully saturated rings. The maximum Gasteiger partial charge on any atom is 0.167 e. The molecule has 1 unspecified atom stereocenters. The lowest BCUT2D eigenvalue weighted by Crippen LogP contribution is -2.12. The van der Waals surface area contributed by atoms with E-state index in [4.69, 9.17) is 19.4 Å². The third kappa shape index (κ3) is 3.57. The van der Waals surface area contributed by atoms with E-state index in [1.165, 1.54) is 11.1 Å². The number of para-hydroxylation sites is 1. The number of allylic oxidation sites excluding steroid dienone is 1. The second-order valence-electron chi connectivity index (χ2n) is 9.97. The van der Waals surface area contributed by atoms with Gasteiger partial charge in [-0.05, 0) is 35.1 Å². The molecule has 0 amide bonds. The highest BCUT2D eigenvalue weighted by atomic mass is 16.3. The summed E-state index contributed by atoms with van der Waals surface area (Å²) in [6, 6.07) is 37.5. The van der Waals surface area contributed by atoms with Gasteiger partial charge in [0.05, 0.1) is 5.56 Å². The summed E-state index contributed by atoms with van der Waals surface area (Å²) in [5, 5.41) is 4.41. The van der Waals surface area contributed by atoms with Crippen LogP contribution < -0.4 is 0 Å². The van der Waals surface area contributed by atoms with Gasteiger partial charge in [-0.25, -0.2) is 15.0 Å². The smallest absolute Gasteiger partial charge is 0.167 e. The molecule has 1 aliphatic rings. The summed E-state index contributed by atoms with van der Waals surface area (Å²) in [4.78, 5) is 15.2. The van der Waals surface area contributed by atoms with Crippen LogP contribution in [0.2, 0.25) is 0 Å². The van der Waals surface area contributed by atoms with Crippen molar-refractivity contribution in [2.45, 2.75) is 12.3 Å². The first-order valence-electron chi connectivity index (χ1n) is 13.2. The Hall–Kier alpha value is -5.09. The lowest BCUT2D eigenvalue weighted by molar-refractivity contribution is 0.672. The quantitative estimate of drug-likeness (QED) is 0.243. The summed E-state index contributed by atoms with van der Waals surface area (Å²) in [6.45, 7) is 0. The van der Waals surface area contributed by atoms with Gasteiger partial charge in [-0.3, -0.25) is 0 Å². The van der Waals surface area contributed by atoms with Crippen molar-refractivity contribution in [2.24, 2.45) is 0 Å². The van der Waals surface area contributed by atoms with Crippen molar-refractivity contribution in [3.63, 3.8) is 0 Å². The number of furan rings is 1. The molecular formula is C35H23N3O. The molecule has 4 heteroatoms. The van der Waals surface area contributed by atoms with E-state index in [0.717, 1.165) is 56.1 Å². The van der Waals surface area contributed by atoms with Crippen molar-refractivity contribution in [1.82, 2.24) is 15.0 Å². The molecular weight excluding hydrogens is 478 g/mol. The van der Waals surface area contributed by atoms with Crippen molar-refractivity contribution < 1.29 is 4.42 Å². The van der Waals surface area contributed by atoms with E-state index in [0.29, 0.717) is 11.6 Å². The molecule has 0 aliphatic heterocycles. The zero-order chi connectivity index (χ0) is 25.8. The lowest BCUT2D eigenvalue weighted by Gasteiger charge is -2.21. The van der Waals surface area contributed by atoms with Gasteiger partial charge in [0.25, 0.3) is 0 Å². The Morgan fingerprint density at radius 1 is 0.590 bits per heavy atom. The Morgan fingerprint density at radius 3 is 2.31 bits per heavy atom. The molecule has 5 aromatic carbocycles. The first-order chi connectivity index (χ1) is 19.3. The van der Waals surface area contributed by atoms with Gasteiger partial charge >= 0.3 is 0 Å². The first-order valence-corrected chi connectivity index (χ1v) is 13.2. The molecule has 0 saturated heterocycles. The van der Waals surface area contributed by atoms with E-state index in [9.17, 15) is 0 Å². The van der Waals surface area contributed by atoms with E-state index in [2.05, 4.69) is 91.0 Å². The van der Waals surface area contributed by atoms with E-state index < -0.39 is 0 Å². The van der Waals surface area contributed by atoms with Gasteiger partial charge in [-0.2, -0.15) is 0 Å². The molecule has 2 aromatic heterocycles.